The summed E-state index contributed by atoms with van der Waals surface area (Å²) in [5.41, 5.74) is 1.16. The van der Waals surface area contributed by atoms with E-state index < -0.39 is 0 Å². The summed E-state index contributed by atoms with van der Waals surface area (Å²) in [4.78, 5) is 6.31. The summed E-state index contributed by atoms with van der Waals surface area (Å²) in [5.74, 6) is 2.58. The Balaban J connectivity index is 1.74. The highest BCUT2D eigenvalue weighted by atomic mass is 79.9. The van der Waals surface area contributed by atoms with Crippen LogP contribution in [0.15, 0.2) is 24.3 Å². The molecule has 4 nitrogen and oxygen atoms in total. The molecule has 2 saturated carbocycles. The maximum absolute atomic E-state index is 12.1. The molecule has 0 N–H and O–H groups in total. The van der Waals surface area contributed by atoms with Gasteiger partial charge in [-0.25, -0.2) is 0 Å². The summed E-state index contributed by atoms with van der Waals surface area (Å²) in [6.45, 7) is 0. The van der Waals surface area contributed by atoms with Gasteiger partial charge in [-0.3, -0.25) is 5.21 Å². The van der Waals surface area contributed by atoms with Crippen LogP contribution in [-0.2, 0) is 4.84 Å². The Morgan fingerprint density at radius 3 is 2.67 bits per heavy atom. The molecule has 1 aromatic carbocycles. The van der Waals surface area contributed by atoms with E-state index in [1.807, 2.05) is 12.1 Å². The van der Waals surface area contributed by atoms with Gasteiger partial charge in [-0.1, -0.05) is 12.1 Å². The number of rotatable bonds is 2. The van der Waals surface area contributed by atoms with Crippen molar-refractivity contribution < 1.29 is 14.5 Å². The van der Waals surface area contributed by atoms with Gasteiger partial charge in [0, 0.05) is 20.8 Å². The molecule has 4 unspecified atom stereocenters. The zero-order valence-corrected chi connectivity index (χ0v) is 13.5. The molecule has 0 aromatic heterocycles. The third-order valence-corrected chi connectivity index (χ3v) is 6.19. The third-order valence-electron chi connectivity index (χ3n) is 5.41. The predicted molar refractivity (Wildman–Crippen MR) is 82.5 cm³/mol. The van der Waals surface area contributed by atoms with Gasteiger partial charge in [-0.15, -0.1) is 0 Å². The Hall–Kier alpha value is -1.23. The van der Waals surface area contributed by atoms with E-state index >= 15 is 0 Å². The summed E-state index contributed by atoms with van der Waals surface area (Å²) in [6, 6.07) is 8.05. The summed E-state index contributed by atoms with van der Waals surface area (Å²) < 4.78 is 5.82. The standard InChI is InChI=1S/C16H18BrNO3/c1-20-12-6-4-9(5-7-12)14-13-10-2-3-11(8-10)15(13)21-18(19)16(14)17/h4-7,10-11,13-15H,2-3,8H2,1H3/t10?,11?,13?,14-,15?/m0/s1. The minimum Gasteiger partial charge on any atom is -0.497 e. The highest BCUT2D eigenvalue weighted by Crippen LogP contribution is 2.56. The number of hydrogen-bond acceptors (Lipinski definition) is 3. The van der Waals surface area contributed by atoms with Crippen LogP contribution in [-0.4, -0.2) is 22.7 Å². The molecule has 5 atom stereocenters. The molecular weight excluding hydrogens is 334 g/mol. The van der Waals surface area contributed by atoms with Gasteiger partial charge >= 0.3 is 0 Å². The van der Waals surface area contributed by atoms with Crippen molar-refractivity contribution in [2.75, 3.05) is 7.11 Å². The Labute approximate surface area is 132 Å². The summed E-state index contributed by atoms with van der Waals surface area (Å²) in [7, 11) is 1.66. The number of ether oxygens (including phenoxy) is 1. The van der Waals surface area contributed by atoms with Crippen LogP contribution in [0.2, 0.25) is 0 Å². The molecule has 0 amide bonds. The topological polar surface area (TPSA) is 44.5 Å². The van der Waals surface area contributed by atoms with Gasteiger partial charge in [0.25, 0.3) is 4.62 Å². The second-order valence-corrected chi connectivity index (χ2v) is 7.12. The highest BCUT2D eigenvalue weighted by Gasteiger charge is 2.56. The van der Waals surface area contributed by atoms with E-state index in [4.69, 9.17) is 9.57 Å². The quantitative estimate of drug-likeness (QED) is 0.766. The lowest BCUT2D eigenvalue weighted by Crippen LogP contribution is -2.44. The number of nitrogens with zero attached hydrogens (tertiary/aromatic N) is 1. The number of fused-ring (bicyclic) bond motifs is 5. The molecule has 112 valence electrons. The lowest BCUT2D eigenvalue weighted by molar-refractivity contribution is -0.761. The van der Waals surface area contributed by atoms with Gasteiger partial charge in [0.1, 0.15) is 5.75 Å². The molecule has 2 aliphatic carbocycles. The van der Waals surface area contributed by atoms with Crippen LogP contribution >= 0.6 is 15.9 Å². The van der Waals surface area contributed by atoms with E-state index in [1.165, 1.54) is 19.3 Å². The van der Waals surface area contributed by atoms with Gasteiger partial charge in [0.2, 0.25) is 0 Å². The SMILES string of the molecule is COc1ccc([C@@H]2C(Br)=[N+]([O-])OC3C4CCC(C4)C32)cc1. The van der Waals surface area contributed by atoms with Gasteiger partial charge < -0.3 is 9.57 Å². The van der Waals surface area contributed by atoms with Crippen molar-refractivity contribution in [3.05, 3.63) is 35.0 Å². The largest absolute Gasteiger partial charge is 0.497 e. The van der Waals surface area contributed by atoms with E-state index in [-0.39, 0.29) is 12.0 Å². The van der Waals surface area contributed by atoms with Crippen LogP contribution in [0.1, 0.15) is 30.7 Å². The highest BCUT2D eigenvalue weighted by molar-refractivity contribution is 9.18. The average molecular weight is 352 g/mol. The molecule has 2 fully saturated rings. The molecule has 0 radical (unpaired) electrons. The number of halogens is 1. The number of hydrogen-bond donors (Lipinski definition) is 0. The Morgan fingerprint density at radius 2 is 1.95 bits per heavy atom. The molecule has 1 aliphatic heterocycles. The van der Waals surface area contributed by atoms with Crippen molar-refractivity contribution in [3.8, 4) is 5.75 Å². The predicted octanol–water partition coefficient (Wildman–Crippen LogP) is 3.44. The first kappa shape index (κ1) is 13.4. The fourth-order valence-corrected chi connectivity index (χ4v) is 5.16. The van der Waals surface area contributed by atoms with Crippen molar-refractivity contribution >= 4 is 20.6 Å². The van der Waals surface area contributed by atoms with Gasteiger partial charge in [0.05, 0.1) is 19.1 Å². The zero-order chi connectivity index (χ0) is 14.6. The molecule has 2 bridgehead atoms. The molecule has 0 saturated heterocycles. The average Bonchev–Trinajstić information content (AvgIpc) is 3.10. The fourth-order valence-electron chi connectivity index (χ4n) is 4.51. The summed E-state index contributed by atoms with van der Waals surface area (Å²) in [6.07, 6.45) is 3.75. The number of methoxy groups -OCH3 is 1. The molecule has 4 rings (SSSR count). The zero-order valence-electron chi connectivity index (χ0n) is 11.9. The first-order chi connectivity index (χ1) is 10.2. The molecule has 3 aliphatic rings. The van der Waals surface area contributed by atoms with Crippen molar-refractivity contribution in [2.24, 2.45) is 17.8 Å². The third kappa shape index (κ3) is 1.97. The van der Waals surface area contributed by atoms with Gasteiger partial charge in [-0.05, 0) is 54.7 Å². The van der Waals surface area contributed by atoms with E-state index in [9.17, 15) is 5.21 Å². The van der Waals surface area contributed by atoms with Gasteiger partial charge in [-0.2, -0.15) is 0 Å². The van der Waals surface area contributed by atoms with Crippen molar-refractivity contribution in [3.63, 3.8) is 0 Å². The Kier molecular flexibility index (Phi) is 3.14. The van der Waals surface area contributed by atoms with Crippen LogP contribution in [0.4, 0.5) is 0 Å². The van der Waals surface area contributed by atoms with Crippen LogP contribution in [0.25, 0.3) is 0 Å². The fraction of sp³-hybridized carbons (Fsp3) is 0.562. The van der Waals surface area contributed by atoms with Crippen LogP contribution < -0.4 is 4.74 Å². The van der Waals surface area contributed by atoms with E-state index in [1.54, 1.807) is 7.11 Å². The molecular formula is C16H18BrNO3. The van der Waals surface area contributed by atoms with E-state index in [2.05, 4.69) is 28.1 Å². The Morgan fingerprint density at radius 1 is 1.24 bits per heavy atom. The van der Waals surface area contributed by atoms with E-state index in [0.29, 0.717) is 27.3 Å². The maximum Gasteiger partial charge on any atom is 0.293 e. The minimum atomic E-state index is 0.0784. The molecule has 1 heterocycles. The lowest BCUT2D eigenvalue weighted by Gasteiger charge is -2.39. The van der Waals surface area contributed by atoms with Crippen LogP contribution in [0, 0.1) is 23.0 Å². The monoisotopic (exact) mass is 351 g/mol. The van der Waals surface area contributed by atoms with Gasteiger partial charge in [0.15, 0.2) is 0 Å². The van der Waals surface area contributed by atoms with Crippen molar-refractivity contribution in [1.82, 2.24) is 0 Å². The maximum atomic E-state index is 12.1. The summed E-state index contributed by atoms with van der Waals surface area (Å²) >= 11 is 3.47. The lowest BCUT2D eigenvalue weighted by atomic mass is 9.74. The van der Waals surface area contributed by atoms with E-state index in [0.717, 1.165) is 11.3 Å². The molecule has 0 spiro atoms. The number of benzene rings is 1. The second kappa shape index (κ2) is 4.90. The van der Waals surface area contributed by atoms with Crippen LogP contribution in [0.3, 0.4) is 0 Å². The Bertz CT molecular complexity index is 586. The second-order valence-electron chi connectivity index (χ2n) is 6.31. The molecule has 1 aromatic rings. The smallest absolute Gasteiger partial charge is 0.293 e. The normalized spacial score (nSPS) is 37.3. The molecule has 21 heavy (non-hydrogen) atoms. The summed E-state index contributed by atoms with van der Waals surface area (Å²) in [5, 5.41) is 12.1. The molecule has 5 heteroatoms. The first-order valence-electron chi connectivity index (χ1n) is 7.49. The van der Waals surface area contributed by atoms with Crippen molar-refractivity contribution in [2.45, 2.75) is 31.3 Å². The van der Waals surface area contributed by atoms with Crippen LogP contribution in [0.5, 0.6) is 5.75 Å². The minimum absolute atomic E-state index is 0.0784. The first-order valence-corrected chi connectivity index (χ1v) is 8.28. The van der Waals surface area contributed by atoms with Crippen molar-refractivity contribution in [1.29, 1.82) is 0 Å².